The number of rotatable bonds is 2. The first-order chi connectivity index (χ1) is 8.58. The van der Waals surface area contributed by atoms with Crippen molar-refractivity contribution < 1.29 is 4.79 Å². The lowest BCUT2D eigenvalue weighted by molar-refractivity contribution is 0.247. The van der Waals surface area contributed by atoms with Crippen molar-refractivity contribution in [3.63, 3.8) is 0 Å². The highest BCUT2D eigenvalue weighted by Crippen LogP contribution is 2.23. The van der Waals surface area contributed by atoms with Gasteiger partial charge in [-0.05, 0) is 28.5 Å². The van der Waals surface area contributed by atoms with E-state index in [1.54, 1.807) is 0 Å². The molecule has 0 aliphatic rings. The van der Waals surface area contributed by atoms with Crippen molar-refractivity contribution in [2.75, 3.05) is 11.9 Å². The predicted molar refractivity (Wildman–Crippen MR) is 81.6 cm³/mol. The van der Waals surface area contributed by atoms with Gasteiger partial charge in [-0.1, -0.05) is 53.7 Å². The smallest absolute Gasteiger partial charge is 0.319 e. The van der Waals surface area contributed by atoms with Gasteiger partial charge in [0.1, 0.15) is 0 Å². The molecule has 0 unspecified atom stereocenters. The number of carbonyl (C=O) groups excluding carboxylic acids is 1. The largest absolute Gasteiger partial charge is 0.337 e. The zero-order chi connectivity index (χ0) is 14.7. The third kappa shape index (κ3) is 5.77. The van der Waals surface area contributed by atoms with Crippen molar-refractivity contribution in [1.82, 2.24) is 5.32 Å². The summed E-state index contributed by atoms with van der Waals surface area (Å²) in [6.45, 7) is 13.4. The molecule has 3 nitrogen and oxygen atoms in total. The molecule has 0 saturated heterocycles. The second-order valence-electron chi connectivity index (χ2n) is 7.20. The van der Waals surface area contributed by atoms with Gasteiger partial charge in [-0.3, -0.25) is 0 Å². The molecule has 3 heteroatoms. The monoisotopic (exact) mass is 262 g/mol. The second kappa shape index (κ2) is 5.64. The molecule has 106 valence electrons. The Morgan fingerprint density at radius 1 is 1.00 bits per heavy atom. The number of benzene rings is 1. The van der Waals surface area contributed by atoms with Gasteiger partial charge >= 0.3 is 6.03 Å². The summed E-state index contributed by atoms with van der Waals surface area (Å²) in [6.07, 6.45) is 0. The molecule has 2 N–H and O–H groups in total. The molecule has 0 atom stereocenters. The van der Waals surface area contributed by atoms with E-state index in [2.05, 4.69) is 64.3 Å². The van der Waals surface area contributed by atoms with Gasteiger partial charge in [0.15, 0.2) is 0 Å². The van der Waals surface area contributed by atoms with E-state index in [0.29, 0.717) is 6.54 Å². The molecule has 0 radical (unpaired) electrons. The van der Waals surface area contributed by atoms with Crippen LogP contribution in [0.15, 0.2) is 24.3 Å². The first kappa shape index (κ1) is 15.5. The fourth-order valence-electron chi connectivity index (χ4n) is 1.57. The summed E-state index contributed by atoms with van der Waals surface area (Å²) in [5.41, 5.74) is 2.30. The van der Waals surface area contributed by atoms with E-state index in [1.165, 1.54) is 5.56 Å². The van der Waals surface area contributed by atoms with Gasteiger partial charge in [-0.25, -0.2) is 4.79 Å². The Bertz CT molecular complexity index is 422. The standard InChI is InChI=1S/C16H26N2O/c1-15(2,3)11-17-14(19)18-13-9-7-12(8-10-13)16(4,5)6/h7-10H,11H2,1-6H3,(H2,17,18,19). The zero-order valence-corrected chi connectivity index (χ0v) is 12.9. The van der Waals surface area contributed by atoms with Crippen LogP contribution in [0.25, 0.3) is 0 Å². The number of anilines is 1. The number of nitrogens with one attached hydrogen (secondary N) is 2. The molecule has 1 aromatic carbocycles. The summed E-state index contributed by atoms with van der Waals surface area (Å²) in [4.78, 5) is 11.7. The maximum Gasteiger partial charge on any atom is 0.319 e. The van der Waals surface area contributed by atoms with Crippen LogP contribution in [0.5, 0.6) is 0 Å². The zero-order valence-electron chi connectivity index (χ0n) is 12.9. The Morgan fingerprint density at radius 2 is 1.53 bits per heavy atom. The van der Waals surface area contributed by atoms with Crippen molar-refractivity contribution in [2.45, 2.75) is 47.0 Å². The molecule has 0 aliphatic carbocycles. The molecule has 0 spiro atoms. The molecule has 0 heterocycles. The highest BCUT2D eigenvalue weighted by atomic mass is 16.2. The van der Waals surface area contributed by atoms with Crippen LogP contribution in [0, 0.1) is 5.41 Å². The van der Waals surface area contributed by atoms with E-state index >= 15 is 0 Å². The minimum atomic E-state index is -0.154. The quantitative estimate of drug-likeness (QED) is 0.826. The van der Waals surface area contributed by atoms with E-state index < -0.39 is 0 Å². The Labute approximate surface area is 116 Å². The SMILES string of the molecule is CC(C)(C)CNC(=O)Nc1ccc(C(C)(C)C)cc1. The fourth-order valence-corrected chi connectivity index (χ4v) is 1.57. The number of urea groups is 1. The van der Waals surface area contributed by atoms with E-state index in [9.17, 15) is 4.79 Å². The lowest BCUT2D eigenvalue weighted by atomic mass is 9.87. The predicted octanol–water partition coefficient (Wildman–Crippen LogP) is 4.15. The molecular formula is C16H26N2O. The van der Waals surface area contributed by atoms with Crippen molar-refractivity contribution in [3.8, 4) is 0 Å². The number of hydrogen-bond acceptors (Lipinski definition) is 1. The highest BCUT2D eigenvalue weighted by Gasteiger charge is 2.14. The topological polar surface area (TPSA) is 41.1 Å². The normalized spacial score (nSPS) is 12.1. The Balaban J connectivity index is 2.56. The molecule has 2 amide bonds. The minimum absolute atomic E-state index is 0.0907. The summed E-state index contributed by atoms with van der Waals surface area (Å²) >= 11 is 0. The fraction of sp³-hybridized carbons (Fsp3) is 0.562. The minimum Gasteiger partial charge on any atom is -0.337 e. The lowest BCUT2D eigenvalue weighted by Gasteiger charge is -2.20. The van der Waals surface area contributed by atoms with Crippen LogP contribution in [0.2, 0.25) is 0 Å². The van der Waals surface area contributed by atoms with Gasteiger partial charge in [0.2, 0.25) is 0 Å². The Hall–Kier alpha value is -1.51. The van der Waals surface area contributed by atoms with E-state index in [-0.39, 0.29) is 16.9 Å². The van der Waals surface area contributed by atoms with E-state index in [4.69, 9.17) is 0 Å². The Kier molecular flexibility index (Phi) is 4.61. The number of carbonyl (C=O) groups is 1. The average Bonchev–Trinajstić information content (AvgIpc) is 2.25. The first-order valence-corrected chi connectivity index (χ1v) is 6.73. The first-order valence-electron chi connectivity index (χ1n) is 6.73. The van der Waals surface area contributed by atoms with Gasteiger partial charge in [0.25, 0.3) is 0 Å². The molecule has 0 fully saturated rings. The van der Waals surface area contributed by atoms with Gasteiger partial charge in [0, 0.05) is 12.2 Å². The molecule has 0 saturated carbocycles. The van der Waals surface area contributed by atoms with Crippen LogP contribution >= 0.6 is 0 Å². The molecular weight excluding hydrogens is 236 g/mol. The molecule has 1 rings (SSSR count). The third-order valence-electron chi connectivity index (χ3n) is 2.79. The van der Waals surface area contributed by atoms with Crippen molar-refractivity contribution in [2.24, 2.45) is 5.41 Å². The summed E-state index contributed by atoms with van der Waals surface area (Å²) in [7, 11) is 0. The summed E-state index contributed by atoms with van der Waals surface area (Å²) < 4.78 is 0. The maximum absolute atomic E-state index is 11.7. The van der Waals surface area contributed by atoms with Crippen LogP contribution in [-0.4, -0.2) is 12.6 Å². The summed E-state index contributed by atoms with van der Waals surface area (Å²) in [5, 5.41) is 5.71. The molecule has 1 aromatic rings. The molecule has 0 aliphatic heterocycles. The Morgan fingerprint density at radius 3 is 1.95 bits per heavy atom. The third-order valence-corrected chi connectivity index (χ3v) is 2.79. The second-order valence-corrected chi connectivity index (χ2v) is 7.20. The number of hydrogen-bond donors (Lipinski definition) is 2. The molecule has 19 heavy (non-hydrogen) atoms. The van der Waals surface area contributed by atoms with Gasteiger partial charge in [0.05, 0.1) is 0 Å². The van der Waals surface area contributed by atoms with Crippen LogP contribution in [0.3, 0.4) is 0 Å². The van der Waals surface area contributed by atoms with Gasteiger partial charge in [-0.15, -0.1) is 0 Å². The van der Waals surface area contributed by atoms with E-state index in [0.717, 1.165) is 5.69 Å². The van der Waals surface area contributed by atoms with Gasteiger partial charge < -0.3 is 10.6 Å². The van der Waals surface area contributed by atoms with Crippen LogP contribution in [0.1, 0.15) is 47.1 Å². The highest BCUT2D eigenvalue weighted by molar-refractivity contribution is 5.89. The molecule has 0 bridgehead atoms. The van der Waals surface area contributed by atoms with Crippen molar-refractivity contribution >= 4 is 11.7 Å². The average molecular weight is 262 g/mol. The van der Waals surface area contributed by atoms with Crippen molar-refractivity contribution in [3.05, 3.63) is 29.8 Å². The summed E-state index contributed by atoms with van der Waals surface area (Å²) in [5.74, 6) is 0. The van der Waals surface area contributed by atoms with Gasteiger partial charge in [-0.2, -0.15) is 0 Å². The van der Waals surface area contributed by atoms with Crippen molar-refractivity contribution in [1.29, 1.82) is 0 Å². The van der Waals surface area contributed by atoms with Crippen LogP contribution in [0.4, 0.5) is 10.5 Å². The van der Waals surface area contributed by atoms with E-state index in [1.807, 2.05) is 12.1 Å². The lowest BCUT2D eigenvalue weighted by Crippen LogP contribution is -2.35. The summed E-state index contributed by atoms with van der Waals surface area (Å²) in [6, 6.07) is 7.84. The number of amides is 2. The van der Waals surface area contributed by atoms with Crippen LogP contribution < -0.4 is 10.6 Å². The maximum atomic E-state index is 11.7. The molecule has 0 aromatic heterocycles. The van der Waals surface area contributed by atoms with Crippen LogP contribution in [-0.2, 0) is 5.41 Å².